The molecule has 1 N–H and O–H groups in total. The summed E-state index contributed by atoms with van der Waals surface area (Å²) < 4.78 is 0. The lowest BCUT2D eigenvalue weighted by Gasteiger charge is -2.29. The highest BCUT2D eigenvalue weighted by Crippen LogP contribution is 2.44. The topological polar surface area (TPSA) is 28.7 Å². The first kappa shape index (κ1) is 13.7. The van der Waals surface area contributed by atoms with Crippen molar-refractivity contribution in [2.75, 3.05) is 0 Å². The normalized spacial score (nSPS) is 22.1. The quantitative estimate of drug-likeness (QED) is 0.791. The molecule has 2 atom stereocenters. The molecule has 1 heterocycles. The summed E-state index contributed by atoms with van der Waals surface area (Å²) in [5.41, 5.74) is 5.03. The molecule has 0 fully saturated rings. The van der Waals surface area contributed by atoms with E-state index in [2.05, 4.69) is 43.1 Å². The van der Waals surface area contributed by atoms with Crippen LogP contribution in [0, 0.1) is 5.92 Å². The van der Waals surface area contributed by atoms with E-state index in [1.54, 1.807) is 0 Å². The Morgan fingerprint density at radius 1 is 1.20 bits per heavy atom. The van der Waals surface area contributed by atoms with Crippen molar-refractivity contribution in [2.24, 2.45) is 5.92 Å². The number of halogens is 1. The van der Waals surface area contributed by atoms with Crippen LogP contribution in [0.1, 0.15) is 56.7 Å². The van der Waals surface area contributed by atoms with Crippen LogP contribution in [0.4, 0.5) is 0 Å². The zero-order valence-electron chi connectivity index (χ0n) is 12.3. The molecule has 1 aromatic heterocycles. The number of nitrogens with zero attached hydrogens (tertiary/aromatic N) is 1. The number of nitrogens with one attached hydrogen (secondary N) is 1. The zero-order chi connectivity index (χ0) is 14.3. The van der Waals surface area contributed by atoms with Crippen molar-refractivity contribution in [3.05, 3.63) is 40.5 Å². The van der Waals surface area contributed by atoms with E-state index in [1.165, 1.54) is 24.1 Å². The average molecular weight is 289 g/mol. The fourth-order valence-electron chi connectivity index (χ4n) is 3.36. The van der Waals surface area contributed by atoms with E-state index >= 15 is 0 Å². The predicted molar refractivity (Wildman–Crippen MR) is 84.3 cm³/mol. The SMILES string of the molecule is CC1CCC(C(C)C)c2[nH]nc(-c3ccc(Cl)cc3)c21. The van der Waals surface area contributed by atoms with Crippen LogP contribution in [0.3, 0.4) is 0 Å². The number of benzene rings is 1. The van der Waals surface area contributed by atoms with Crippen LogP contribution in [0.15, 0.2) is 24.3 Å². The zero-order valence-corrected chi connectivity index (χ0v) is 13.0. The number of fused-ring (bicyclic) bond motifs is 1. The van der Waals surface area contributed by atoms with Crippen LogP contribution in [0.25, 0.3) is 11.3 Å². The van der Waals surface area contributed by atoms with Crippen LogP contribution in [-0.4, -0.2) is 10.2 Å². The van der Waals surface area contributed by atoms with Gasteiger partial charge in [-0.1, -0.05) is 44.5 Å². The summed E-state index contributed by atoms with van der Waals surface area (Å²) >= 11 is 5.98. The maximum atomic E-state index is 5.98. The van der Waals surface area contributed by atoms with Gasteiger partial charge in [0.05, 0.1) is 5.69 Å². The average Bonchev–Trinajstić information content (AvgIpc) is 2.85. The van der Waals surface area contributed by atoms with Crippen molar-refractivity contribution in [1.29, 1.82) is 0 Å². The summed E-state index contributed by atoms with van der Waals surface area (Å²) in [6.07, 6.45) is 2.50. The Balaban J connectivity index is 2.08. The van der Waals surface area contributed by atoms with Gasteiger partial charge in [-0.05, 0) is 36.8 Å². The van der Waals surface area contributed by atoms with E-state index in [1.807, 2.05) is 12.1 Å². The molecule has 1 aliphatic carbocycles. The van der Waals surface area contributed by atoms with E-state index in [0.717, 1.165) is 16.3 Å². The molecule has 2 aromatic rings. The molecular weight excluding hydrogens is 268 g/mol. The van der Waals surface area contributed by atoms with E-state index in [4.69, 9.17) is 11.6 Å². The van der Waals surface area contributed by atoms with Gasteiger partial charge in [-0.15, -0.1) is 0 Å². The maximum absolute atomic E-state index is 5.98. The molecule has 106 valence electrons. The van der Waals surface area contributed by atoms with Gasteiger partial charge in [0.15, 0.2) is 0 Å². The van der Waals surface area contributed by atoms with Crippen molar-refractivity contribution in [1.82, 2.24) is 10.2 Å². The summed E-state index contributed by atoms with van der Waals surface area (Å²) in [6, 6.07) is 7.99. The van der Waals surface area contributed by atoms with Crippen molar-refractivity contribution in [3.63, 3.8) is 0 Å². The molecular formula is C17H21ClN2. The fourth-order valence-corrected chi connectivity index (χ4v) is 3.48. The summed E-state index contributed by atoms with van der Waals surface area (Å²) in [6.45, 7) is 6.91. The lowest BCUT2D eigenvalue weighted by molar-refractivity contribution is 0.403. The van der Waals surface area contributed by atoms with Crippen LogP contribution in [0.2, 0.25) is 5.02 Å². The van der Waals surface area contributed by atoms with Gasteiger partial charge in [0.2, 0.25) is 0 Å². The molecule has 0 saturated carbocycles. The second-order valence-corrected chi connectivity index (χ2v) is 6.67. The molecule has 3 heteroatoms. The fraction of sp³-hybridized carbons (Fsp3) is 0.471. The molecule has 0 radical (unpaired) electrons. The van der Waals surface area contributed by atoms with E-state index in [0.29, 0.717) is 17.8 Å². The third-order valence-corrected chi connectivity index (χ3v) is 4.78. The van der Waals surface area contributed by atoms with Crippen LogP contribution < -0.4 is 0 Å². The highest BCUT2D eigenvalue weighted by molar-refractivity contribution is 6.30. The molecule has 0 amide bonds. The molecule has 0 saturated heterocycles. The van der Waals surface area contributed by atoms with Gasteiger partial charge in [0, 0.05) is 27.8 Å². The molecule has 0 spiro atoms. The van der Waals surface area contributed by atoms with Crippen LogP contribution in [0.5, 0.6) is 0 Å². The molecule has 1 aliphatic rings. The Labute approximate surface area is 125 Å². The summed E-state index contributed by atoms with van der Waals surface area (Å²) in [5, 5.41) is 8.70. The number of hydrogen-bond donors (Lipinski definition) is 1. The largest absolute Gasteiger partial charge is 0.281 e. The monoisotopic (exact) mass is 288 g/mol. The third-order valence-electron chi connectivity index (χ3n) is 4.53. The molecule has 20 heavy (non-hydrogen) atoms. The van der Waals surface area contributed by atoms with Crippen molar-refractivity contribution in [2.45, 2.75) is 45.4 Å². The van der Waals surface area contributed by atoms with Crippen molar-refractivity contribution >= 4 is 11.6 Å². The van der Waals surface area contributed by atoms with Crippen molar-refractivity contribution in [3.8, 4) is 11.3 Å². The standard InChI is InChI=1S/C17H21ClN2/c1-10(2)14-9-4-11(3)15-16(19-20-17(14)15)12-5-7-13(18)8-6-12/h5-8,10-11,14H,4,9H2,1-3H3,(H,19,20). The minimum Gasteiger partial charge on any atom is -0.281 e. The number of hydrogen-bond acceptors (Lipinski definition) is 1. The lowest BCUT2D eigenvalue weighted by Crippen LogP contribution is -2.16. The Morgan fingerprint density at radius 3 is 2.55 bits per heavy atom. The first-order chi connectivity index (χ1) is 9.58. The third kappa shape index (κ3) is 2.26. The van der Waals surface area contributed by atoms with E-state index in [-0.39, 0.29) is 0 Å². The highest BCUT2D eigenvalue weighted by Gasteiger charge is 2.31. The Hall–Kier alpha value is -1.28. The molecule has 1 aromatic carbocycles. The van der Waals surface area contributed by atoms with Crippen molar-refractivity contribution < 1.29 is 0 Å². The summed E-state index contributed by atoms with van der Waals surface area (Å²) in [7, 11) is 0. The molecule has 2 unspecified atom stereocenters. The minimum absolute atomic E-state index is 0.574. The first-order valence-electron chi connectivity index (χ1n) is 7.42. The maximum Gasteiger partial charge on any atom is 0.0958 e. The van der Waals surface area contributed by atoms with E-state index < -0.39 is 0 Å². The smallest absolute Gasteiger partial charge is 0.0958 e. The van der Waals surface area contributed by atoms with Gasteiger partial charge >= 0.3 is 0 Å². The number of H-pyrrole nitrogens is 1. The number of rotatable bonds is 2. The highest BCUT2D eigenvalue weighted by atomic mass is 35.5. The summed E-state index contributed by atoms with van der Waals surface area (Å²) in [4.78, 5) is 0. The molecule has 2 nitrogen and oxygen atoms in total. The van der Waals surface area contributed by atoms with Gasteiger partial charge in [0.25, 0.3) is 0 Å². The van der Waals surface area contributed by atoms with E-state index in [9.17, 15) is 0 Å². The Morgan fingerprint density at radius 2 is 1.90 bits per heavy atom. The lowest BCUT2D eigenvalue weighted by atomic mass is 9.75. The van der Waals surface area contributed by atoms with Crippen LogP contribution >= 0.6 is 11.6 Å². The molecule has 3 rings (SSSR count). The molecule has 0 aliphatic heterocycles. The van der Waals surface area contributed by atoms with Gasteiger partial charge < -0.3 is 0 Å². The first-order valence-corrected chi connectivity index (χ1v) is 7.79. The Kier molecular flexibility index (Phi) is 3.59. The predicted octanol–water partition coefficient (Wildman–Crippen LogP) is 5.37. The minimum atomic E-state index is 0.574. The van der Waals surface area contributed by atoms with Gasteiger partial charge in [-0.3, -0.25) is 5.10 Å². The van der Waals surface area contributed by atoms with Gasteiger partial charge in [0.1, 0.15) is 0 Å². The Bertz CT molecular complexity index is 598. The summed E-state index contributed by atoms with van der Waals surface area (Å²) in [5.74, 6) is 1.83. The second-order valence-electron chi connectivity index (χ2n) is 6.24. The second kappa shape index (κ2) is 5.25. The molecule has 0 bridgehead atoms. The van der Waals surface area contributed by atoms with Crippen LogP contribution in [-0.2, 0) is 0 Å². The van der Waals surface area contributed by atoms with Gasteiger partial charge in [-0.2, -0.15) is 5.10 Å². The number of aromatic nitrogens is 2. The number of aromatic amines is 1. The van der Waals surface area contributed by atoms with Gasteiger partial charge in [-0.25, -0.2) is 0 Å².